The molecule has 2 heterocycles. The van der Waals surface area contributed by atoms with Crippen molar-refractivity contribution in [2.24, 2.45) is 5.73 Å². The van der Waals surface area contributed by atoms with Gasteiger partial charge in [0.15, 0.2) is 5.16 Å². The molecular weight excluding hydrogens is 493 g/mol. The molecule has 6 heteroatoms. The van der Waals surface area contributed by atoms with Crippen LogP contribution in [0.1, 0.15) is 24.8 Å². The molecule has 0 spiro atoms. The molecule has 0 unspecified atom stereocenters. The molecule has 4 nitrogen and oxygen atoms in total. The van der Waals surface area contributed by atoms with Gasteiger partial charge in [-0.3, -0.25) is 0 Å². The van der Waals surface area contributed by atoms with Gasteiger partial charge in [-0.15, -0.1) is 0 Å². The number of halogens is 1. The van der Waals surface area contributed by atoms with Crippen molar-refractivity contribution in [1.82, 2.24) is 9.97 Å². The molecule has 0 bridgehead atoms. The molecule has 2 aromatic carbocycles. The van der Waals surface area contributed by atoms with Crippen LogP contribution in [0.15, 0.2) is 64.2 Å². The fourth-order valence-electron chi connectivity index (χ4n) is 3.92. The summed E-state index contributed by atoms with van der Waals surface area (Å²) in [4.78, 5) is 9.27. The molecule has 1 fully saturated rings. The summed E-state index contributed by atoms with van der Waals surface area (Å²) in [6.45, 7) is 0. The third kappa shape index (κ3) is 3.27. The lowest BCUT2D eigenvalue weighted by Gasteiger charge is -2.38. The van der Waals surface area contributed by atoms with E-state index in [1.807, 2.05) is 24.5 Å². The van der Waals surface area contributed by atoms with E-state index in [2.05, 4.69) is 69.0 Å². The normalized spacial score (nSPS) is 15.4. The topological polar surface area (TPSA) is 64.9 Å². The number of rotatable bonds is 4. The van der Waals surface area contributed by atoms with Crippen LogP contribution < -0.4 is 5.73 Å². The van der Waals surface area contributed by atoms with E-state index >= 15 is 0 Å². The largest absolute Gasteiger partial charge is 0.437 e. The Bertz CT molecular complexity index is 1180. The highest BCUT2D eigenvalue weighted by Gasteiger charge is 2.34. The highest BCUT2D eigenvalue weighted by atomic mass is 127. The minimum atomic E-state index is -0.164. The minimum Gasteiger partial charge on any atom is -0.437 e. The SMILES string of the molecule is CSc1nc(I)c2c(-c3ccccc3)c(-c3ccc(C4(N)CCC4)cc3)oc2n1. The van der Waals surface area contributed by atoms with Crippen molar-refractivity contribution in [3.05, 3.63) is 63.9 Å². The van der Waals surface area contributed by atoms with E-state index in [-0.39, 0.29) is 5.54 Å². The first-order chi connectivity index (χ1) is 14.1. The van der Waals surface area contributed by atoms with Crippen LogP contribution in [-0.4, -0.2) is 16.2 Å². The summed E-state index contributed by atoms with van der Waals surface area (Å²) in [7, 11) is 0. The summed E-state index contributed by atoms with van der Waals surface area (Å²) in [5, 5.41) is 1.68. The molecule has 4 aromatic rings. The fraction of sp³-hybridized carbons (Fsp3) is 0.217. The summed E-state index contributed by atoms with van der Waals surface area (Å²) in [6, 6.07) is 18.8. The maximum Gasteiger partial charge on any atom is 0.232 e. The highest BCUT2D eigenvalue weighted by molar-refractivity contribution is 14.1. The third-order valence-electron chi connectivity index (χ3n) is 5.70. The molecule has 1 aliphatic carbocycles. The molecule has 0 radical (unpaired) electrons. The molecule has 0 atom stereocenters. The summed E-state index contributed by atoms with van der Waals surface area (Å²) in [5.41, 5.74) is 11.3. The lowest BCUT2D eigenvalue weighted by atomic mass is 9.72. The first-order valence-corrected chi connectivity index (χ1v) is 11.9. The van der Waals surface area contributed by atoms with Crippen LogP contribution in [0.4, 0.5) is 0 Å². The van der Waals surface area contributed by atoms with Crippen molar-refractivity contribution in [2.75, 3.05) is 6.26 Å². The maximum absolute atomic E-state index is 6.50. The Labute approximate surface area is 187 Å². The van der Waals surface area contributed by atoms with Crippen LogP contribution in [0.3, 0.4) is 0 Å². The van der Waals surface area contributed by atoms with Gasteiger partial charge in [-0.05, 0) is 59.2 Å². The molecule has 2 aromatic heterocycles. The Hall–Kier alpha value is -1.90. The first kappa shape index (κ1) is 19.1. The molecule has 146 valence electrons. The summed E-state index contributed by atoms with van der Waals surface area (Å²) >= 11 is 3.80. The standard InChI is InChI=1S/C23H20IN3OS/c1-29-22-26-20(24)18-17(14-6-3-2-4-7-14)19(28-21(18)27-22)15-8-10-16(11-9-15)23(25)12-5-13-23/h2-4,6-11H,5,12-13,25H2,1H3. The van der Waals surface area contributed by atoms with Crippen LogP contribution in [0.25, 0.3) is 33.6 Å². The predicted octanol–water partition coefficient (Wildman–Crippen LogP) is 6.22. The van der Waals surface area contributed by atoms with Crippen LogP contribution in [0.5, 0.6) is 0 Å². The van der Waals surface area contributed by atoms with Crippen LogP contribution >= 0.6 is 34.4 Å². The van der Waals surface area contributed by atoms with Crippen molar-refractivity contribution in [1.29, 1.82) is 0 Å². The highest BCUT2D eigenvalue weighted by Crippen LogP contribution is 2.43. The number of nitrogens with two attached hydrogens (primary N) is 1. The van der Waals surface area contributed by atoms with Crippen LogP contribution in [-0.2, 0) is 5.54 Å². The van der Waals surface area contributed by atoms with Gasteiger partial charge >= 0.3 is 0 Å². The average Bonchev–Trinajstić information content (AvgIpc) is 3.13. The lowest BCUT2D eigenvalue weighted by Crippen LogP contribution is -2.43. The van der Waals surface area contributed by atoms with Crippen molar-refractivity contribution >= 4 is 45.5 Å². The van der Waals surface area contributed by atoms with Gasteiger partial charge in [-0.25, -0.2) is 4.98 Å². The number of nitrogens with zero attached hydrogens (tertiary/aromatic N) is 2. The smallest absolute Gasteiger partial charge is 0.232 e. The molecule has 0 aliphatic heterocycles. The first-order valence-electron chi connectivity index (χ1n) is 9.58. The molecule has 2 N–H and O–H groups in total. The summed E-state index contributed by atoms with van der Waals surface area (Å²) in [6.07, 6.45) is 5.28. The molecular formula is C23H20IN3OS. The van der Waals surface area contributed by atoms with E-state index in [9.17, 15) is 0 Å². The molecule has 29 heavy (non-hydrogen) atoms. The van der Waals surface area contributed by atoms with Gasteiger partial charge in [-0.2, -0.15) is 4.98 Å². The van der Waals surface area contributed by atoms with E-state index in [4.69, 9.17) is 10.2 Å². The predicted molar refractivity (Wildman–Crippen MR) is 127 cm³/mol. The van der Waals surface area contributed by atoms with Crippen molar-refractivity contribution < 1.29 is 4.42 Å². The quantitative estimate of drug-likeness (QED) is 0.152. The van der Waals surface area contributed by atoms with Crippen LogP contribution in [0.2, 0.25) is 0 Å². The lowest BCUT2D eigenvalue weighted by molar-refractivity contribution is 0.253. The van der Waals surface area contributed by atoms with Gasteiger partial charge in [0.1, 0.15) is 9.46 Å². The van der Waals surface area contributed by atoms with Crippen molar-refractivity contribution in [2.45, 2.75) is 30.0 Å². The van der Waals surface area contributed by atoms with Crippen molar-refractivity contribution in [3.8, 4) is 22.5 Å². The number of thioether (sulfide) groups is 1. The number of fused-ring (bicyclic) bond motifs is 1. The maximum atomic E-state index is 6.50. The number of hydrogen-bond acceptors (Lipinski definition) is 5. The Kier molecular flexibility index (Phi) is 4.88. The van der Waals surface area contributed by atoms with Crippen molar-refractivity contribution in [3.63, 3.8) is 0 Å². The molecule has 0 saturated heterocycles. The van der Waals surface area contributed by atoms with Gasteiger partial charge in [0.25, 0.3) is 0 Å². The minimum absolute atomic E-state index is 0.164. The molecule has 1 saturated carbocycles. The molecule has 0 amide bonds. The zero-order chi connectivity index (χ0) is 20.0. The number of hydrogen-bond donors (Lipinski definition) is 1. The monoisotopic (exact) mass is 513 g/mol. The van der Waals surface area contributed by atoms with Gasteiger partial charge in [0, 0.05) is 16.7 Å². The van der Waals surface area contributed by atoms with Gasteiger partial charge in [-0.1, -0.05) is 66.4 Å². The zero-order valence-corrected chi connectivity index (χ0v) is 19.0. The van der Waals surface area contributed by atoms with Gasteiger partial charge < -0.3 is 10.2 Å². The van der Waals surface area contributed by atoms with E-state index in [0.29, 0.717) is 10.9 Å². The van der Waals surface area contributed by atoms with Crippen LogP contribution in [0, 0.1) is 3.70 Å². The van der Waals surface area contributed by atoms with E-state index in [0.717, 1.165) is 44.4 Å². The van der Waals surface area contributed by atoms with E-state index in [1.165, 1.54) is 23.7 Å². The Morgan fingerprint density at radius 2 is 1.72 bits per heavy atom. The molecule has 1 aliphatic rings. The second-order valence-electron chi connectivity index (χ2n) is 7.44. The number of aromatic nitrogens is 2. The average molecular weight is 513 g/mol. The Morgan fingerprint density at radius 3 is 2.34 bits per heavy atom. The van der Waals surface area contributed by atoms with Gasteiger partial charge in [0.2, 0.25) is 5.71 Å². The number of furan rings is 1. The number of benzene rings is 2. The second kappa shape index (κ2) is 7.41. The molecule has 5 rings (SSSR count). The third-order valence-corrected chi connectivity index (χ3v) is 7.03. The summed E-state index contributed by atoms with van der Waals surface area (Å²) in [5.74, 6) is 0.822. The second-order valence-corrected chi connectivity index (χ2v) is 9.24. The summed E-state index contributed by atoms with van der Waals surface area (Å²) < 4.78 is 7.23. The Balaban J connectivity index is 1.71. The van der Waals surface area contributed by atoms with Gasteiger partial charge in [0.05, 0.1) is 5.39 Å². The zero-order valence-electron chi connectivity index (χ0n) is 16.0. The van der Waals surface area contributed by atoms with E-state index < -0.39 is 0 Å². The Morgan fingerprint density at radius 1 is 1.00 bits per heavy atom. The van der Waals surface area contributed by atoms with E-state index in [1.54, 1.807) is 0 Å². The fourth-order valence-corrected chi connectivity index (χ4v) is 5.17.